The van der Waals surface area contributed by atoms with E-state index in [9.17, 15) is 4.79 Å². The van der Waals surface area contributed by atoms with Crippen LogP contribution in [0.25, 0.3) is 0 Å². The molecular weight excluding hydrogens is 214 g/mol. The van der Waals surface area contributed by atoms with Gasteiger partial charge in [0, 0.05) is 12.8 Å². The molecule has 0 fully saturated rings. The van der Waals surface area contributed by atoms with Crippen LogP contribution in [0.3, 0.4) is 0 Å². The average Bonchev–Trinajstić information content (AvgIpc) is 2.22. The summed E-state index contributed by atoms with van der Waals surface area (Å²) in [7, 11) is 1.39. The number of anilines is 1. The average molecular weight is 228 g/mol. The predicted octanol–water partition coefficient (Wildman–Crippen LogP) is 2.45. The molecule has 1 unspecified atom stereocenters. The second-order valence-electron chi connectivity index (χ2n) is 3.36. The summed E-state index contributed by atoms with van der Waals surface area (Å²) in [6.45, 7) is 3.88. The summed E-state index contributed by atoms with van der Waals surface area (Å²) in [5.41, 5.74) is 1.89. The Bertz CT molecular complexity index is 366. The van der Waals surface area contributed by atoms with Crippen LogP contribution in [0.1, 0.15) is 11.1 Å². The summed E-state index contributed by atoms with van der Waals surface area (Å²) >= 11 is 5.62. The SMILES string of the molecule is COC(Cl)C(=O)Nc1cc(C)ccc1C. The number of hydrogen-bond donors (Lipinski definition) is 1. The van der Waals surface area contributed by atoms with E-state index in [0.717, 1.165) is 16.8 Å². The van der Waals surface area contributed by atoms with E-state index < -0.39 is 5.56 Å². The van der Waals surface area contributed by atoms with Crippen LogP contribution in [0.2, 0.25) is 0 Å². The van der Waals surface area contributed by atoms with E-state index in [-0.39, 0.29) is 5.91 Å². The largest absolute Gasteiger partial charge is 0.357 e. The lowest BCUT2D eigenvalue weighted by molar-refractivity contribution is -0.121. The quantitative estimate of drug-likeness (QED) is 0.806. The van der Waals surface area contributed by atoms with Crippen molar-refractivity contribution in [1.82, 2.24) is 0 Å². The first kappa shape index (κ1) is 12.0. The molecule has 4 heteroatoms. The topological polar surface area (TPSA) is 38.3 Å². The van der Waals surface area contributed by atoms with Gasteiger partial charge in [-0.1, -0.05) is 23.7 Å². The maximum absolute atomic E-state index is 11.4. The standard InChI is InChI=1S/C11H14ClNO2/c1-7-4-5-8(2)9(6-7)13-11(14)10(12)15-3/h4-6,10H,1-3H3,(H,13,14). The fourth-order valence-corrected chi connectivity index (χ4v) is 1.22. The van der Waals surface area contributed by atoms with E-state index in [4.69, 9.17) is 16.3 Å². The number of aryl methyl sites for hydroxylation is 2. The molecule has 0 aliphatic carbocycles. The van der Waals surface area contributed by atoms with Gasteiger partial charge in [-0.25, -0.2) is 0 Å². The van der Waals surface area contributed by atoms with Gasteiger partial charge in [0.05, 0.1) is 0 Å². The number of rotatable bonds is 3. The van der Waals surface area contributed by atoms with Gasteiger partial charge in [-0.2, -0.15) is 0 Å². The summed E-state index contributed by atoms with van der Waals surface area (Å²) < 4.78 is 4.71. The Labute approximate surface area is 94.4 Å². The lowest BCUT2D eigenvalue weighted by Gasteiger charge is -2.11. The Hall–Kier alpha value is -1.06. The Morgan fingerprint density at radius 3 is 2.73 bits per heavy atom. The zero-order chi connectivity index (χ0) is 11.4. The minimum Gasteiger partial charge on any atom is -0.357 e. The van der Waals surface area contributed by atoms with Gasteiger partial charge < -0.3 is 10.1 Å². The summed E-state index contributed by atoms with van der Waals surface area (Å²) in [4.78, 5) is 11.4. The van der Waals surface area contributed by atoms with Crippen LogP contribution in [0.5, 0.6) is 0 Å². The molecule has 1 aromatic carbocycles. The highest BCUT2D eigenvalue weighted by atomic mass is 35.5. The van der Waals surface area contributed by atoms with Crippen LogP contribution < -0.4 is 5.32 Å². The Balaban J connectivity index is 2.80. The molecule has 0 bridgehead atoms. The van der Waals surface area contributed by atoms with Gasteiger partial charge in [-0.3, -0.25) is 4.79 Å². The third-order valence-corrected chi connectivity index (χ3v) is 2.44. The number of methoxy groups -OCH3 is 1. The van der Waals surface area contributed by atoms with E-state index in [1.165, 1.54) is 7.11 Å². The molecule has 82 valence electrons. The van der Waals surface area contributed by atoms with E-state index in [1.54, 1.807) is 0 Å². The highest BCUT2D eigenvalue weighted by molar-refractivity contribution is 6.31. The Morgan fingerprint density at radius 1 is 1.47 bits per heavy atom. The molecule has 0 saturated heterocycles. The van der Waals surface area contributed by atoms with Crippen molar-refractivity contribution in [1.29, 1.82) is 0 Å². The molecule has 0 aliphatic heterocycles. The fourth-order valence-electron chi connectivity index (χ4n) is 1.17. The molecule has 1 aromatic rings. The number of hydrogen-bond acceptors (Lipinski definition) is 2. The third-order valence-electron chi connectivity index (χ3n) is 2.06. The van der Waals surface area contributed by atoms with Crippen molar-refractivity contribution >= 4 is 23.2 Å². The number of carbonyl (C=O) groups excluding carboxylic acids is 1. The van der Waals surface area contributed by atoms with Crippen LogP contribution in [0.15, 0.2) is 18.2 Å². The molecule has 1 atom stereocenters. The van der Waals surface area contributed by atoms with Gasteiger partial charge in [0.1, 0.15) is 0 Å². The molecular formula is C11H14ClNO2. The third kappa shape index (κ3) is 3.22. The molecule has 0 aromatic heterocycles. The second kappa shape index (κ2) is 5.14. The number of ether oxygens (including phenoxy) is 1. The summed E-state index contributed by atoms with van der Waals surface area (Å²) in [5, 5.41) is 2.71. The molecule has 0 saturated carbocycles. The van der Waals surface area contributed by atoms with E-state index in [2.05, 4.69) is 5.32 Å². The van der Waals surface area contributed by atoms with Crippen molar-refractivity contribution in [2.45, 2.75) is 19.4 Å². The van der Waals surface area contributed by atoms with Gasteiger partial charge in [0.15, 0.2) is 0 Å². The van der Waals surface area contributed by atoms with Crippen molar-refractivity contribution in [2.24, 2.45) is 0 Å². The highest BCUT2D eigenvalue weighted by Gasteiger charge is 2.14. The number of amides is 1. The van der Waals surface area contributed by atoms with Gasteiger partial charge in [-0.15, -0.1) is 0 Å². The molecule has 15 heavy (non-hydrogen) atoms. The molecule has 1 amide bonds. The van der Waals surface area contributed by atoms with E-state index in [0.29, 0.717) is 0 Å². The first-order valence-electron chi connectivity index (χ1n) is 4.59. The molecule has 0 spiro atoms. The van der Waals surface area contributed by atoms with Crippen molar-refractivity contribution in [2.75, 3.05) is 12.4 Å². The van der Waals surface area contributed by atoms with E-state index in [1.807, 2.05) is 32.0 Å². The highest BCUT2D eigenvalue weighted by Crippen LogP contribution is 2.17. The fraction of sp³-hybridized carbons (Fsp3) is 0.364. The predicted molar refractivity (Wildman–Crippen MR) is 61.2 cm³/mol. The summed E-state index contributed by atoms with van der Waals surface area (Å²) in [5.74, 6) is -0.354. The maximum Gasteiger partial charge on any atom is 0.269 e. The van der Waals surface area contributed by atoms with Gasteiger partial charge >= 0.3 is 0 Å². The normalized spacial score (nSPS) is 12.3. The molecule has 0 radical (unpaired) electrons. The summed E-state index contributed by atoms with van der Waals surface area (Å²) in [6, 6.07) is 5.83. The van der Waals surface area contributed by atoms with Crippen LogP contribution in [0.4, 0.5) is 5.69 Å². The lowest BCUT2D eigenvalue weighted by Crippen LogP contribution is -2.24. The first-order valence-corrected chi connectivity index (χ1v) is 5.03. The van der Waals surface area contributed by atoms with Gasteiger partial charge in [0.25, 0.3) is 5.91 Å². The maximum atomic E-state index is 11.4. The zero-order valence-corrected chi connectivity index (χ0v) is 9.76. The van der Waals surface area contributed by atoms with E-state index >= 15 is 0 Å². The molecule has 0 aliphatic rings. The van der Waals surface area contributed by atoms with Crippen LogP contribution in [-0.4, -0.2) is 18.6 Å². The van der Waals surface area contributed by atoms with Crippen LogP contribution in [0, 0.1) is 13.8 Å². The van der Waals surface area contributed by atoms with Crippen molar-refractivity contribution < 1.29 is 9.53 Å². The summed E-state index contributed by atoms with van der Waals surface area (Å²) in [6.07, 6.45) is 0. The molecule has 1 rings (SSSR count). The second-order valence-corrected chi connectivity index (χ2v) is 3.76. The van der Waals surface area contributed by atoms with Gasteiger partial charge in [0.2, 0.25) is 5.56 Å². The van der Waals surface area contributed by atoms with Crippen molar-refractivity contribution in [3.05, 3.63) is 29.3 Å². The number of carbonyl (C=O) groups is 1. The monoisotopic (exact) mass is 227 g/mol. The zero-order valence-electron chi connectivity index (χ0n) is 9.00. The van der Waals surface area contributed by atoms with Crippen LogP contribution >= 0.6 is 11.6 Å². The smallest absolute Gasteiger partial charge is 0.269 e. The molecule has 3 nitrogen and oxygen atoms in total. The number of alkyl halides is 1. The van der Waals surface area contributed by atoms with Crippen molar-refractivity contribution in [3.8, 4) is 0 Å². The number of halogens is 1. The first-order chi connectivity index (χ1) is 7.04. The Kier molecular flexibility index (Phi) is 4.12. The molecule has 0 heterocycles. The number of nitrogens with one attached hydrogen (secondary N) is 1. The number of benzene rings is 1. The molecule has 1 N–H and O–H groups in total. The Morgan fingerprint density at radius 2 is 2.13 bits per heavy atom. The minimum absolute atomic E-state index is 0.354. The minimum atomic E-state index is -0.954. The van der Waals surface area contributed by atoms with Crippen LogP contribution in [-0.2, 0) is 9.53 Å². The lowest BCUT2D eigenvalue weighted by atomic mass is 10.1. The van der Waals surface area contributed by atoms with Crippen molar-refractivity contribution in [3.63, 3.8) is 0 Å². The van der Waals surface area contributed by atoms with Gasteiger partial charge in [-0.05, 0) is 31.0 Å².